The lowest BCUT2D eigenvalue weighted by atomic mass is 9.93. The van der Waals surface area contributed by atoms with E-state index in [-0.39, 0.29) is 12.0 Å². The highest BCUT2D eigenvalue weighted by Crippen LogP contribution is 2.32. The van der Waals surface area contributed by atoms with Gasteiger partial charge in [-0.15, -0.1) is 0 Å². The van der Waals surface area contributed by atoms with E-state index in [1.54, 1.807) is 7.11 Å². The number of hydrogen-bond acceptors (Lipinski definition) is 4. The van der Waals surface area contributed by atoms with E-state index in [1.807, 2.05) is 43.3 Å². The Balaban J connectivity index is 2.32. The number of nitrogens with zero attached hydrogens (tertiary/aromatic N) is 2. The molecule has 1 aromatic carbocycles. The maximum Gasteiger partial charge on any atom is 0.276 e. The molecule has 20 heavy (non-hydrogen) atoms. The Kier molecular flexibility index (Phi) is 4.33. The Labute approximate surface area is 120 Å². The predicted octanol–water partition coefficient (Wildman–Crippen LogP) is 0.228. The summed E-state index contributed by atoms with van der Waals surface area (Å²) >= 11 is 0. The quantitative estimate of drug-likeness (QED) is 0.863. The Morgan fingerprint density at radius 1 is 1.35 bits per heavy atom. The van der Waals surface area contributed by atoms with Gasteiger partial charge >= 0.3 is 0 Å². The van der Waals surface area contributed by atoms with Crippen molar-refractivity contribution in [3.8, 4) is 5.75 Å². The average Bonchev–Trinajstić information content (AvgIpc) is 2.84. The fourth-order valence-corrected chi connectivity index (χ4v) is 3.41. The van der Waals surface area contributed by atoms with Gasteiger partial charge in [-0.3, -0.25) is 0 Å². The molecule has 0 saturated carbocycles. The normalized spacial score (nSPS) is 24.2. The standard InChI is InChI=1S/C13H21N3O3S/c1-15(2)13-9-16(20(14,17)18)8-12(13)10-5-4-6-11(7-10)19-3/h4-7,12-13H,8-9H2,1-3H3,(H2,14,17,18)/t12-,13+/m1/s1. The van der Waals surface area contributed by atoms with E-state index in [9.17, 15) is 8.42 Å². The number of nitrogens with two attached hydrogens (primary N) is 1. The van der Waals surface area contributed by atoms with Crippen LogP contribution < -0.4 is 9.88 Å². The first-order valence-electron chi connectivity index (χ1n) is 6.41. The van der Waals surface area contributed by atoms with Gasteiger partial charge in [-0.05, 0) is 31.8 Å². The highest BCUT2D eigenvalue weighted by Gasteiger charge is 2.39. The van der Waals surface area contributed by atoms with Crippen LogP contribution in [0.3, 0.4) is 0 Å². The summed E-state index contributed by atoms with van der Waals surface area (Å²) in [6, 6.07) is 7.84. The van der Waals surface area contributed by atoms with Gasteiger partial charge in [0.15, 0.2) is 0 Å². The molecular weight excluding hydrogens is 278 g/mol. The molecule has 1 aliphatic rings. The molecule has 1 aromatic rings. The molecule has 0 aliphatic carbocycles. The minimum absolute atomic E-state index is 0.0819. The monoisotopic (exact) mass is 299 g/mol. The number of hydrogen-bond donors (Lipinski definition) is 1. The number of methoxy groups -OCH3 is 1. The van der Waals surface area contributed by atoms with Crippen molar-refractivity contribution in [2.75, 3.05) is 34.3 Å². The van der Waals surface area contributed by atoms with Crippen molar-refractivity contribution in [1.29, 1.82) is 0 Å². The first-order valence-corrected chi connectivity index (χ1v) is 7.91. The zero-order valence-electron chi connectivity index (χ0n) is 12.0. The average molecular weight is 299 g/mol. The number of rotatable bonds is 4. The van der Waals surface area contributed by atoms with E-state index in [1.165, 1.54) is 4.31 Å². The van der Waals surface area contributed by atoms with Crippen LogP contribution in [0.2, 0.25) is 0 Å². The Morgan fingerprint density at radius 3 is 2.60 bits per heavy atom. The van der Waals surface area contributed by atoms with Crippen LogP contribution in [0, 0.1) is 0 Å². The topological polar surface area (TPSA) is 75.9 Å². The molecule has 1 saturated heterocycles. The molecule has 1 aliphatic heterocycles. The molecule has 0 radical (unpaired) electrons. The molecule has 1 fully saturated rings. The van der Waals surface area contributed by atoms with Gasteiger partial charge in [-0.2, -0.15) is 12.7 Å². The van der Waals surface area contributed by atoms with Crippen LogP contribution in [0.1, 0.15) is 11.5 Å². The second-order valence-electron chi connectivity index (χ2n) is 5.28. The van der Waals surface area contributed by atoms with E-state index in [0.29, 0.717) is 13.1 Å². The summed E-state index contributed by atoms with van der Waals surface area (Å²) in [5, 5.41) is 5.25. The maximum absolute atomic E-state index is 11.6. The van der Waals surface area contributed by atoms with Crippen molar-refractivity contribution in [3.63, 3.8) is 0 Å². The number of likely N-dealkylation sites (N-methyl/N-ethyl adjacent to an activating group) is 1. The third-order valence-electron chi connectivity index (χ3n) is 3.80. The molecule has 7 heteroatoms. The molecule has 0 spiro atoms. The molecule has 112 valence electrons. The number of ether oxygens (including phenoxy) is 1. The molecule has 2 N–H and O–H groups in total. The molecule has 1 heterocycles. The van der Waals surface area contributed by atoms with Crippen LogP contribution in [0.5, 0.6) is 5.75 Å². The first-order chi connectivity index (χ1) is 9.32. The van der Waals surface area contributed by atoms with Crippen molar-refractivity contribution >= 4 is 10.2 Å². The SMILES string of the molecule is COc1cccc([C@H]2CN(S(N)(=O)=O)C[C@@H]2N(C)C)c1. The van der Waals surface area contributed by atoms with Crippen LogP contribution in [0.4, 0.5) is 0 Å². The molecule has 0 unspecified atom stereocenters. The minimum atomic E-state index is -3.65. The van der Waals surface area contributed by atoms with E-state index >= 15 is 0 Å². The molecular formula is C13H21N3O3S. The second kappa shape index (κ2) is 5.69. The van der Waals surface area contributed by atoms with E-state index in [4.69, 9.17) is 9.88 Å². The van der Waals surface area contributed by atoms with Gasteiger partial charge in [0.2, 0.25) is 0 Å². The largest absolute Gasteiger partial charge is 0.497 e. The zero-order valence-corrected chi connectivity index (χ0v) is 12.8. The molecule has 6 nitrogen and oxygen atoms in total. The van der Waals surface area contributed by atoms with Gasteiger partial charge in [-0.25, -0.2) is 5.14 Å². The van der Waals surface area contributed by atoms with Crippen LogP contribution in [0.25, 0.3) is 0 Å². The van der Waals surface area contributed by atoms with Crippen molar-refractivity contribution < 1.29 is 13.2 Å². The third kappa shape index (κ3) is 3.12. The van der Waals surface area contributed by atoms with E-state index in [2.05, 4.69) is 0 Å². The summed E-state index contributed by atoms with van der Waals surface area (Å²) < 4.78 is 29.7. The third-order valence-corrected chi connectivity index (χ3v) is 4.82. The maximum atomic E-state index is 11.6. The predicted molar refractivity (Wildman–Crippen MR) is 77.9 cm³/mol. The van der Waals surface area contributed by atoms with Gasteiger partial charge < -0.3 is 9.64 Å². The van der Waals surface area contributed by atoms with E-state index in [0.717, 1.165) is 11.3 Å². The minimum Gasteiger partial charge on any atom is -0.497 e. The van der Waals surface area contributed by atoms with Crippen molar-refractivity contribution in [2.24, 2.45) is 5.14 Å². The van der Waals surface area contributed by atoms with Crippen LogP contribution in [-0.4, -0.2) is 58.0 Å². The van der Waals surface area contributed by atoms with Crippen molar-refractivity contribution in [3.05, 3.63) is 29.8 Å². The molecule has 2 rings (SSSR count). The Hall–Kier alpha value is -1.15. The lowest BCUT2D eigenvalue weighted by molar-refractivity contribution is 0.284. The smallest absolute Gasteiger partial charge is 0.276 e. The van der Waals surface area contributed by atoms with Crippen LogP contribution in [-0.2, 0) is 10.2 Å². The molecule has 0 bridgehead atoms. The van der Waals surface area contributed by atoms with Gasteiger partial charge in [0.25, 0.3) is 10.2 Å². The van der Waals surface area contributed by atoms with Gasteiger partial charge in [-0.1, -0.05) is 12.1 Å². The first kappa shape index (κ1) is 15.2. The van der Waals surface area contributed by atoms with Gasteiger partial charge in [0.05, 0.1) is 7.11 Å². The van der Waals surface area contributed by atoms with Crippen LogP contribution in [0.15, 0.2) is 24.3 Å². The van der Waals surface area contributed by atoms with Crippen molar-refractivity contribution in [1.82, 2.24) is 9.21 Å². The Morgan fingerprint density at radius 2 is 2.05 bits per heavy atom. The summed E-state index contributed by atoms with van der Waals surface area (Å²) in [5.41, 5.74) is 1.06. The van der Waals surface area contributed by atoms with Gasteiger partial charge in [0.1, 0.15) is 5.75 Å². The number of benzene rings is 1. The fourth-order valence-electron chi connectivity index (χ4n) is 2.68. The molecule has 0 aromatic heterocycles. The molecule has 0 amide bonds. The Bertz CT molecular complexity index is 574. The highest BCUT2D eigenvalue weighted by atomic mass is 32.2. The lowest BCUT2D eigenvalue weighted by Gasteiger charge is -2.25. The van der Waals surface area contributed by atoms with E-state index < -0.39 is 10.2 Å². The summed E-state index contributed by atoms with van der Waals surface area (Å²) in [6.45, 7) is 0.808. The van der Waals surface area contributed by atoms with Crippen molar-refractivity contribution in [2.45, 2.75) is 12.0 Å². The summed E-state index contributed by atoms with van der Waals surface area (Å²) in [4.78, 5) is 2.04. The summed E-state index contributed by atoms with van der Waals surface area (Å²) in [6.07, 6.45) is 0. The molecule has 2 atom stereocenters. The van der Waals surface area contributed by atoms with Crippen LogP contribution >= 0.6 is 0 Å². The lowest BCUT2D eigenvalue weighted by Crippen LogP contribution is -2.38. The van der Waals surface area contributed by atoms with Gasteiger partial charge in [0, 0.05) is 25.0 Å². The summed E-state index contributed by atoms with van der Waals surface area (Å²) in [7, 11) is 1.87. The fraction of sp³-hybridized carbons (Fsp3) is 0.538. The second-order valence-corrected chi connectivity index (χ2v) is 6.82. The highest BCUT2D eigenvalue weighted by molar-refractivity contribution is 7.86. The summed E-state index contributed by atoms with van der Waals surface area (Å²) in [5.74, 6) is 0.854. The zero-order chi connectivity index (χ0) is 14.9.